The number of unbranched alkanes of at least 4 members (excludes halogenated alkanes) is 2. The minimum atomic E-state index is -0.939. The smallest absolute Gasteiger partial charge is 0.200 e. The lowest BCUT2D eigenvalue weighted by molar-refractivity contribution is 0.302. The van der Waals surface area contributed by atoms with E-state index in [1.807, 2.05) is 24.3 Å². The van der Waals surface area contributed by atoms with E-state index in [-0.39, 0.29) is 17.2 Å². The van der Waals surface area contributed by atoms with Crippen molar-refractivity contribution in [3.8, 4) is 16.9 Å². The van der Waals surface area contributed by atoms with Gasteiger partial charge in [-0.1, -0.05) is 62.2 Å². The van der Waals surface area contributed by atoms with Gasteiger partial charge >= 0.3 is 0 Å². The van der Waals surface area contributed by atoms with Crippen molar-refractivity contribution in [3.63, 3.8) is 0 Å². The van der Waals surface area contributed by atoms with E-state index in [1.54, 1.807) is 18.2 Å². The van der Waals surface area contributed by atoms with E-state index in [9.17, 15) is 17.6 Å². The summed E-state index contributed by atoms with van der Waals surface area (Å²) >= 11 is 0. The maximum atomic E-state index is 15.0. The molecule has 1 nitrogen and oxygen atoms in total. The topological polar surface area (TPSA) is 9.23 Å². The van der Waals surface area contributed by atoms with E-state index < -0.39 is 23.3 Å². The second-order valence-electron chi connectivity index (χ2n) is 10.3. The highest BCUT2D eigenvalue weighted by Gasteiger charge is 2.27. The molecule has 1 fully saturated rings. The van der Waals surface area contributed by atoms with Crippen molar-refractivity contribution in [2.24, 2.45) is 5.92 Å². The van der Waals surface area contributed by atoms with E-state index in [0.717, 1.165) is 44.9 Å². The van der Waals surface area contributed by atoms with Gasteiger partial charge < -0.3 is 4.74 Å². The van der Waals surface area contributed by atoms with Crippen molar-refractivity contribution in [1.82, 2.24) is 0 Å². The highest BCUT2D eigenvalue weighted by Crippen LogP contribution is 2.40. The highest BCUT2D eigenvalue weighted by atomic mass is 19.2. The monoisotopic (exact) mass is 512 g/mol. The Morgan fingerprint density at radius 1 is 0.730 bits per heavy atom. The molecule has 0 heterocycles. The molecule has 198 valence electrons. The first-order valence-electron chi connectivity index (χ1n) is 13.5. The van der Waals surface area contributed by atoms with Crippen LogP contribution in [0, 0.1) is 29.2 Å². The number of ether oxygens (including phenoxy) is 1. The Kier molecular flexibility index (Phi) is 9.28. The van der Waals surface area contributed by atoms with Crippen molar-refractivity contribution >= 4 is 0 Å². The van der Waals surface area contributed by atoms with Gasteiger partial charge in [0.1, 0.15) is 0 Å². The predicted molar refractivity (Wildman–Crippen MR) is 141 cm³/mol. The molecule has 0 atom stereocenters. The summed E-state index contributed by atoms with van der Waals surface area (Å²) in [4.78, 5) is 0. The van der Waals surface area contributed by atoms with Crippen molar-refractivity contribution in [1.29, 1.82) is 0 Å². The van der Waals surface area contributed by atoms with Crippen LogP contribution < -0.4 is 4.74 Å². The summed E-state index contributed by atoms with van der Waals surface area (Å²) in [6.45, 7) is 2.17. The quantitative estimate of drug-likeness (QED) is 0.194. The summed E-state index contributed by atoms with van der Waals surface area (Å²) in [5.74, 6) is -3.11. The lowest BCUT2D eigenvalue weighted by Crippen LogP contribution is -2.16. The molecule has 0 bridgehead atoms. The molecule has 3 aromatic rings. The third-order valence-corrected chi connectivity index (χ3v) is 7.90. The first-order chi connectivity index (χ1) is 17.9. The first kappa shape index (κ1) is 27.2. The minimum absolute atomic E-state index is 0.0387. The molecule has 0 radical (unpaired) electrons. The van der Waals surface area contributed by atoms with Crippen LogP contribution in [0.4, 0.5) is 17.6 Å². The lowest BCUT2D eigenvalue weighted by Gasteiger charge is -2.29. The SMILES string of the molecule is CCCCCc1ccc(-c2ccc(CCC3CCC(c4ccc(OC)c(F)c4F)CC3)c(F)c2F)cc1. The Balaban J connectivity index is 1.33. The molecule has 0 aliphatic heterocycles. The molecule has 1 aliphatic rings. The maximum Gasteiger partial charge on any atom is 0.200 e. The third kappa shape index (κ3) is 6.37. The van der Waals surface area contributed by atoms with E-state index >= 15 is 0 Å². The Bertz CT molecular complexity index is 1180. The van der Waals surface area contributed by atoms with Gasteiger partial charge in [0.2, 0.25) is 5.82 Å². The molecular formula is C32H36F4O. The van der Waals surface area contributed by atoms with Crippen LogP contribution in [0.25, 0.3) is 11.1 Å². The maximum absolute atomic E-state index is 15.0. The molecule has 1 aliphatic carbocycles. The minimum Gasteiger partial charge on any atom is -0.494 e. The lowest BCUT2D eigenvalue weighted by atomic mass is 9.76. The second kappa shape index (κ2) is 12.6. The van der Waals surface area contributed by atoms with Gasteiger partial charge in [0, 0.05) is 5.56 Å². The normalized spacial score (nSPS) is 17.7. The first-order valence-corrected chi connectivity index (χ1v) is 13.5. The number of methoxy groups -OCH3 is 1. The third-order valence-electron chi connectivity index (χ3n) is 7.90. The van der Waals surface area contributed by atoms with E-state index in [1.165, 1.54) is 31.6 Å². The largest absolute Gasteiger partial charge is 0.494 e. The molecular weight excluding hydrogens is 476 g/mol. The predicted octanol–water partition coefficient (Wildman–Crippen LogP) is 9.56. The molecule has 0 N–H and O–H groups in total. The Labute approximate surface area is 217 Å². The number of hydrogen-bond donors (Lipinski definition) is 0. The number of rotatable bonds is 10. The van der Waals surface area contributed by atoms with Crippen LogP contribution in [-0.4, -0.2) is 7.11 Å². The molecule has 0 unspecified atom stereocenters. The zero-order valence-corrected chi connectivity index (χ0v) is 21.8. The average Bonchev–Trinajstić information content (AvgIpc) is 2.92. The molecule has 4 rings (SSSR count). The van der Waals surface area contributed by atoms with Gasteiger partial charge in [-0.15, -0.1) is 0 Å². The van der Waals surface area contributed by atoms with Crippen LogP contribution in [0.5, 0.6) is 5.75 Å². The molecule has 3 aromatic carbocycles. The van der Waals surface area contributed by atoms with Gasteiger partial charge in [0.15, 0.2) is 23.2 Å². The second-order valence-corrected chi connectivity index (χ2v) is 10.3. The zero-order valence-electron chi connectivity index (χ0n) is 21.8. The number of benzene rings is 3. The fourth-order valence-corrected chi connectivity index (χ4v) is 5.58. The molecule has 0 amide bonds. The number of hydrogen-bond acceptors (Lipinski definition) is 1. The standard InChI is InChI=1S/C32H36F4O/c1-3-4-5-6-21-7-12-23(13-8-21)26-18-17-25(29(33)30(26)34)16-11-22-9-14-24(15-10-22)27-19-20-28(37-2)32(36)31(27)35/h7-8,12-13,17-20,22,24H,3-6,9-11,14-16H2,1-2H3. The van der Waals surface area contributed by atoms with Gasteiger partial charge in [-0.25, -0.2) is 13.2 Å². The molecule has 5 heteroatoms. The van der Waals surface area contributed by atoms with E-state index in [0.29, 0.717) is 29.0 Å². The van der Waals surface area contributed by atoms with Crippen molar-refractivity contribution < 1.29 is 22.3 Å². The number of aryl methyl sites for hydroxylation is 2. The summed E-state index contributed by atoms with van der Waals surface area (Å²) in [7, 11) is 1.32. The van der Waals surface area contributed by atoms with Crippen molar-refractivity contribution in [2.75, 3.05) is 7.11 Å². The Morgan fingerprint density at radius 2 is 1.46 bits per heavy atom. The Hall–Kier alpha value is -2.82. The summed E-state index contributed by atoms with van der Waals surface area (Å²) in [6.07, 6.45) is 8.88. The summed E-state index contributed by atoms with van der Waals surface area (Å²) in [5.41, 5.74) is 2.97. The fourth-order valence-electron chi connectivity index (χ4n) is 5.58. The van der Waals surface area contributed by atoms with E-state index in [4.69, 9.17) is 4.74 Å². The molecule has 0 aromatic heterocycles. The van der Waals surface area contributed by atoms with Crippen LogP contribution >= 0.6 is 0 Å². The van der Waals surface area contributed by atoms with Gasteiger partial charge in [-0.2, -0.15) is 4.39 Å². The molecule has 0 saturated heterocycles. The van der Waals surface area contributed by atoms with Crippen LogP contribution in [-0.2, 0) is 12.8 Å². The molecule has 37 heavy (non-hydrogen) atoms. The van der Waals surface area contributed by atoms with E-state index in [2.05, 4.69) is 6.92 Å². The van der Waals surface area contributed by atoms with Gasteiger partial charge in [0.05, 0.1) is 7.11 Å². The van der Waals surface area contributed by atoms with Crippen molar-refractivity contribution in [3.05, 3.63) is 88.5 Å². The molecule has 1 saturated carbocycles. The van der Waals surface area contributed by atoms with Gasteiger partial charge in [0.25, 0.3) is 0 Å². The fraction of sp³-hybridized carbons (Fsp3) is 0.438. The zero-order chi connectivity index (χ0) is 26.4. The summed E-state index contributed by atoms with van der Waals surface area (Å²) in [5, 5.41) is 0. The number of halogens is 4. The summed E-state index contributed by atoms with van der Waals surface area (Å²) < 4.78 is 63.4. The van der Waals surface area contributed by atoms with Crippen LogP contribution in [0.15, 0.2) is 48.5 Å². The van der Waals surface area contributed by atoms with Crippen LogP contribution in [0.3, 0.4) is 0 Å². The van der Waals surface area contributed by atoms with Crippen LogP contribution in [0.1, 0.15) is 80.9 Å². The highest BCUT2D eigenvalue weighted by molar-refractivity contribution is 5.65. The van der Waals surface area contributed by atoms with Crippen LogP contribution in [0.2, 0.25) is 0 Å². The van der Waals surface area contributed by atoms with Gasteiger partial charge in [-0.05, 0) is 91.5 Å². The summed E-state index contributed by atoms with van der Waals surface area (Å²) in [6, 6.07) is 14.2. The van der Waals surface area contributed by atoms with Gasteiger partial charge in [-0.3, -0.25) is 0 Å². The van der Waals surface area contributed by atoms with Crippen molar-refractivity contribution in [2.45, 2.75) is 77.0 Å². The Morgan fingerprint density at radius 3 is 2.14 bits per heavy atom. The average molecular weight is 513 g/mol. The molecule has 0 spiro atoms.